The van der Waals surface area contributed by atoms with Crippen molar-refractivity contribution in [1.29, 1.82) is 0 Å². The molecule has 0 radical (unpaired) electrons. The van der Waals surface area contributed by atoms with Crippen molar-refractivity contribution in [1.82, 2.24) is 25.0 Å². The number of nitrogens with one attached hydrogen (secondary N) is 1. The van der Waals surface area contributed by atoms with Crippen LogP contribution in [0.15, 0.2) is 41.3 Å². The van der Waals surface area contributed by atoms with Gasteiger partial charge in [0, 0.05) is 11.3 Å². The number of aryl methyl sites for hydroxylation is 1. The lowest BCUT2D eigenvalue weighted by atomic mass is 10.2. The Morgan fingerprint density at radius 2 is 2.00 bits per heavy atom. The summed E-state index contributed by atoms with van der Waals surface area (Å²) < 4.78 is 0. The lowest BCUT2D eigenvalue weighted by molar-refractivity contribution is 0.752. The predicted molar refractivity (Wildman–Crippen MR) is 79.3 cm³/mol. The molecule has 1 aromatic carbocycles. The summed E-state index contributed by atoms with van der Waals surface area (Å²) in [6.45, 7) is 3.77. The molecule has 0 aliphatic carbocycles. The summed E-state index contributed by atoms with van der Waals surface area (Å²) in [4.78, 5) is 20.7. The molecule has 1 N–H and O–H groups in total. The van der Waals surface area contributed by atoms with E-state index in [-0.39, 0.29) is 5.56 Å². The lowest BCUT2D eigenvalue weighted by Crippen LogP contribution is -2.16. The molecule has 0 atom stereocenters. The van der Waals surface area contributed by atoms with E-state index in [0.717, 1.165) is 11.4 Å². The van der Waals surface area contributed by atoms with Crippen molar-refractivity contribution in [3.8, 4) is 17.2 Å². The lowest BCUT2D eigenvalue weighted by Gasteiger charge is -2.03. The van der Waals surface area contributed by atoms with Crippen molar-refractivity contribution in [2.24, 2.45) is 0 Å². The number of hydrogen-bond acceptors (Lipinski definition) is 4. The van der Waals surface area contributed by atoms with Crippen molar-refractivity contribution >= 4 is 0 Å². The van der Waals surface area contributed by atoms with Gasteiger partial charge in [-0.1, -0.05) is 25.1 Å². The van der Waals surface area contributed by atoms with Crippen molar-refractivity contribution in [3.05, 3.63) is 58.1 Å². The highest BCUT2D eigenvalue weighted by Gasteiger charge is 2.11. The van der Waals surface area contributed by atoms with Gasteiger partial charge in [0.05, 0.1) is 11.9 Å². The first kappa shape index (κ1) is 13.2. The van der Waals surface area contributed by atoms with Gasteiger partial charge >= 0.3 is 0 Å². The second-order valence-electron chi connectivity index (χ2n) is 4.69. The molecular formula is C15H15N5O. The fraction of sp³-hybridized carbons (Fsp3) is 0.200. The van der Waals surface area contributed by atoms with Crippen LogP contribution in [0, 0.1) is 6.92 Å². The molecule has 0 saturated heterocycles. The average Bonchev–Trinajstić information content (AvgIpc) is 2.97. The van der Waals surface area contributed by atoms with Crippen LogP contribution in [0.2, 0.25) is 0 Å². The summed E-state index contributed by atoms with van der Waals surface area (Å²) in [6, 6.07) is 9.58. The maximum absolute atomic E-state index is 12.0. The second-order valence-corrected chi connectivity index (χ2v) is 4.69. The van der Waals surface area contributed by atoms with Gasteiger partial charge in [0.1, 0.15) is 5.69 Å². The number of H-pyrrole nitrogens is 1. The Kier molecular flexibility index (Phi) is 3.35. The molecule has 0 amide bonds. The van der Waals surface area contributed by atoms with Crippen LogP contribution in [0.1, 0.15) is 18.2 Å². The Labute approximate surface area is 121 Å². The van der Waals surface area contributed by atoms with E-state index in [1.807, 2.05) is 44.2 Å². The highest BCUT2D eigenvalue weighted by molar-refractivity contribution is 5.47. The first-order valence-corrected chi connectivity index (χ1v) is 6.77. The highest BCUT2D eigenvalue weighted by Crippen LogP contribution is 2.12. The minimum absolute atomic E-state index is 0.116. The quantitative estimate of drug-likeness (QED) is 0.795. The zero-order valence-electron chi connectivity index (χ0n) is 11.9. The SMILES string of the molecule is CCc1c(C)nc(-c2cnn(-c3ccccc3)n2)[nH]c1=O. The molecule has 0 saturated carbocycles. The van der Waals surface area contributed by atoms with Gasteiger partial charge in [-0.2, -0.15) is 9.90 Å². The zero-order valence-corrected chi connectivity index (χ0v) is 11.9. The molecule has 3 aromatic rings. The predicted octanol–water partition coefficient (Wildman–Crippen LogP) is 1.89. The van der Waals surface area contributed by atoms with Crippen LogP contribution in [0.25, 0.3) is 17.2 Å². The highest BCUT2D eigenvalue weighted by atomic mass is 16.1. The third kappa shape index (κ3) is 2.47. The molecule has 2 aromatic heterocycles. The second kappa shape index (κ2) is 5.32. The van der Waals surface area contributed by atoms with E-state index in [9.17, 15) is 4.79 Å². The summed E-state index contributed by atoms with van der Waals surface area (Å²) in [6.07, 6.45) is 2.25. The molecule has 6 heteroatoms. The van der Waals surface area contributed by atoms with Crippen LogP contribution in [0.5, 0.6) is 0 Å². The molecule has 0 bridgehead atoms. The van der Waals surface area contributed by atoms with Gasteiger partial charge in [-0.25, -0.2) is 4.98 Å². The third-order valence-corrected chi connectivity index (χ3v) is 3.30. The number of para-hydroxylation sites is 1. The molecule has 21 heavy (non-hydrogen) atoms. The van der Waals surface area contributed by atoms with Gasteiger partial charge < -0.3 is 4.98 Å². The summed E-state index contributed by atoms with van der Waals surface area (Å²) >= 11 is 0. The summed E-state index contributed by atoms with van der Waals surface area (Å²) in [7, 11) is 0. The molecule has 3 rings (SSSR count). The number of aromatic nitrogens is 5. The molecule has 6 nitrogen and oxygen atoms in total. The van der Waals surface area contributed by atoms with Gasteiger partial charge in [-0.15, -0.1) is 5.10 Å². The molecular weight excluding hydrogens is 266 g/mol. The van der Waals surface area contributed by atoms with E-state index < -0.39 is 0 Å². The Hall–Kier alpha value is -2.76. The van der Waals surface area contributed by atoms with Crippen LogP contribution < -0.4 is 5.56 Å². The van der Waals surface area contributed by atoms with Crippen LogP contribution >= 0.6 is 0 Å². The zero-order chi connectivity index (χ0) is 14.8. The topological polar surface area (TPSA) is 76.5 Å². The number of hydrogen-bond donors (Lipinski definition) is 1. The van der Waals surface area contributed by atoms with E-state index in [4.69, 9.17) is 0 Å². The Morgan fingerprint density at radius 1 is 1.24 bits per heavy atom. The van der Waals surface area contributed by atoms with Crippen molar-refractivity contribution in [2.75, 3.05) is 0 Å². The normalized spacial score (nSPS) is 10.8. The smallest absolute Gasteiger partial charge is 0.254 e. The molecule has 106 valence electrons. The third-order valence-electron chi connectivity index (χ3n) is 3.30. The maximum Gasteiger partial charge on any atom is 0.254 e. The van der Waals surface area contributed by atoms with Crippen molar-refractivity contribution < 1.29 is 0 Å². The largest absolute Gasteiger partial charge is 0.305 e. The molecule has 0 aliphatic rings. The van der Waals surface area contributed by atoms with Gasteiger partial charge in [-0.3, -0.25) is 4.79 Å². The minimum Gasteiger partial charge on any atom is -0.305 e. The van der Waals surface area contributed by atoms with Crippen LogP contribution in [0.3, 0.4) is 0 Å². The monoisotopic (exact) mass is 281 g/mol. The van der Waals surface area contributed by atoms with E-state index in [0.29, 0.717) is 23.5 Å². The maximum atomic E-state index is 12.0. The Bertz CT molecular complexity index is 820. The minimum atomic E-state index is -0.116. The standard InChI is InChI=1S/C15H15N5O/c1-3-12-10(2)17-14(18-15(12)21)13-9-16-20(19-13)11-7-5-4-6-8-11/h4-9H,3H2,1-2H3,(H,17,18,21). The fourth-order valence-corrected chi connectivity index (χ4v) is 2.21. The average molecular weight is 281 g/mol. The van der Waals surface area contributed by atoms with Crippen LogP contribution in [-0.4, -0.2) is 25.0 Å². The first-order valence-electron chi connectivity index (χ1n) is 6.77. The van der Waals surface area contributed by atoms with Crippen molar-refractivity contribution in [3.63, 3.8) is 0 Å². The van der Waals surface area contributed by atoms with Gasteiger partial charge in [0.25, 0.3) is 5.56 Å². The summed E-state index contributed by atoms with van der Waals surface area (Å²) in [5.41, 5.74) is 2.71. The number of rotatable bonds is 3. The molecule has 0 unspecified atom stereocenters. The van der Waals surface area contributed by atoms with Gasteiger partial charge in [0.15, 0.2) is 5.82 Å². The summed E-state index contributed by atoms with van der Waals surface area (Å²) in [5, 5.41) is 8.57. The van der Waals surface area contributed by atoms with Crippen LogP contribution in [-0.2, 0) is 6.42 Å². The fourth-order valence-electron chi connectivity index (χ4n) is 2.21. The first-order chi connectivity index (χ1) is 10.2. The molecule has 0 aliphatic heterocycles. The van der Waals surface area contributed by atoms with E-state index in [1.165, 1.54) is 4.80 Å². The van der Waals surface area contributed by atoms with Gasteiger partial charge in [-0.05, 0) is 25.5 Å². The number of benzene rings is 1. The van der Waals surface area contributed by atoms with Crippen molar-refractivity contribution in [2.45, 2.75) is 20.3 Å². The number of nitrogens with zero attached hydrogens (tertiary/aromatic N) is 4. The molecule has 0 spiro atoms. The van der Waals surface area contributed by atoms with E-state index >= 15 is 0 Å². The Morgan fingerprint density at radius 3 is 2.67 bits per heavy atom. The summed E-state index contributed by atoms with van der Waals surface area (Å²) in [5.74, 6) is 0.442. The van der Waals surface area contributed by atoms with E-state index in [2.05, 4.69) is 20.2 Å². The van der Waals surface area contributed by atoms with Crippen LogP contribution in [0.4, 0.5) is 0 Å². The van der Waals surface area contributed by atoms with Gasteiger partial charge in [0.2, 0.25) is 0 Å². The Balaban J connectivity index is 2.03. The molecule has 0 fully saturated rings. The van der Waals surface area contributed by atoms with E-state index in [1.54, 1.807) is 6.20 Å². The number of aromatic amines is 1. The molecule has 2 heterocycles.